The van der Waals surface area contributed by atoms with Crippen LogP contribution >= 0.6 is 0 Å². The minimum absolute atomic E-state index is 0.512. The summed E-state index contributed by atoms with van der Waals surface area (Å²) in [5, 5.41) is 0. The first kappa shape index (κ1) is 12.8. The van der Waals surface area contributed by atoms with Gasteiger partial charge in [-0.25, -0.2) is 0 Å². The van der Waals surface area contributed by atoms with E-state index in [1.165, 1.54) is 0 Å². The van der Waals surface area contributed by atoms with E-state index in [9.17, 15) is 0 Å². The SMILES string of the molecule is Cc1c(N)cc(C#C[Si](C)(C)C)cc1CN. The van der Waals surface area contributed by atoms with Crippen molar-refractivity contribution >= 4 is 13.8 Å². The van der Waals surface area contributed by atoms with Crippen LogP contribution in [0, 0.1) is 18.4 Å². The Morgan fingerprint density at radius 1 is 1.25 bits per heavy atom. The summed E-state index contributed by atoms with van der Waals surface area (Å²) in [5.41, 5.74) is 18.8. The van der Waals surface area contributed by atoms with E-state index in [1.807, 2.05) is 19.1 Å². The lowest BCUT2D eigenvalue weighted by Gasteiger charge is -2.08. The standard InChI is InChI=1S/C13H20N2Si/c1-10-12(9-14)7-11(8-13(10)15)5-6-16(2,3)4/h7-8H,9,14-15H2,1-4H3. The predicted octanol–water partition coefficient (Wildman–Crippen LogP) is 2.26. The number of anilines is 1. The Hall–Kier alpha value is -1.24. The number of benzene rings is 1. The molecule has 0 unspecified atom stereocenters. The Morgan fingerprint density at radius 2 is 1.88 bits per heavy atom. The van der Waals surface area contributed by atoms with Crippen molar-refractivity contribution < 1.29 is 0 Å². The molecule has 0 aliphatic rings. The zero-order valence-electron chi connectivity index (χ0n) is 10.5. The zero-order chi connectivity index (χ0) is 12.3. The highest BCUT2D eigenvalue weighted by atomic mass is 28.3. The summed E-state index contributed by atoms with van der Waals surface area (Å²) in [7, 11) is -1.33. The van der Waals surface area contributed by atoms with Crippen LogP contribution in [0.3, 0.4) is 0 Å². The fourth-order valence-corrected chi connectivity index (χ4v) is 1.86. The summed E-state index contributed by atoms with van der Waals surface area (Å²) < 4.78 is 0. The van der Waals surface area contributed by atoms with Crippen LogP contribution in [0.15, 0.2) is 12.1 Å². The third kappa shape index (κ3) is 3.40. The Balaban J connectivity index is 3.16. The van der Waals surface area contributed by atoms with Crippen molar-refractivity contribution in [2.24, 2.45) is 5.73 Å². The van der Waals surface area contributed by atoms with Gasteiger partial charge in [0.15, 0.2) is 0 Å². The lowest BCUT2D eigenvalue weighted by Crippen LogP contribution is -2.16. The molecule has 0 aliphatic heterocycles. The Bertz CT molecular complexity index is 447. The van der Waals surface area contributed by atoms with Crippen molar-refractivity contribution in [1.29, 1.82) is 0 Å². The second kappa shape index (κ2) is 4.73. The maximum atomic E-state index is 5.92. The topological polar surface area (TPSA) is 52.0 Å². The summed E-state index contributed by atoms with van der Waals surface area (Å²) in [6, 6.07) is 3.97. The van der Waals surface area contributed by atoms with Crippen molar-refractivity contribution in [2.45, 2.75) is 33.1 Å². The smallest absolute Gasteiger partial charge is 0.129 e. The lowest BCUT2D eigenvalue weighted by atomic mass is 10.0. The van der Waals surface area contributed by atoms with Gasteiger partial charge in [-0.3, -0.25) is 0 Å². The molecule has 4 N–H and O–H groups in total. The van der Waals surface area contributed by atoms with Crippen molar-refractivity contribution in [3.8, 4) is 11.5 Å². The lowest BCUT2D eigenvalue weighted by molar-refractivity contribution is 1.05. The second-order valence-corrected chi connectivity index (χ2v) is 9.80. The summed E-state index contributed by atoms with van der Waals surface area (Å²) in [5.74, 6) is 3.20. The van der Waals surface area contributed by atoms with Gasteiger partial charge in [-0.1, -0.05) is 25.6 Å². The molecule has 0 aromatic heterocycles. The van der Waals surface area contributed by atoms with Crippen LogP contribution in [0.5, 0.6) is 0 Å². The molecule has 1 rings (SSSR count). The van der Waals surface area contributed by atoms with Gasteiger partial charge in [0.25, 0.3) is 0 Å². The van der Waals surface area contributed by atoms with Crippen LogP contribution in [0.4, 0.5) is 5.69 Å². The van der Waals surface area contributed by atoms with Gasteiger partial charge < -0.3 is 11.5 Å². The first-order valence-electron chi connectivity index (χ1n) is 5.46. The molecule has 0 fully saturated rings. The molecular formula is C13H20N2Si. The molecule has 0 amide bonds. The van der Waals surface area contributed by atoms with E-state index in [-0.39, 0.29) is 0 Å². The van der Waals surface area contributed by atoms with E-state index in [0.29, 0.717) is 6.54 Å². The fourth-order valence-electron chi connectivity index (χ4n) is 1.34. The molecule has 2 nitrogen and oxygen atoms in total. The quantitative estimate of drug-likeness (QED) is 0.443. The highest BCUT2D eigenvalue weighted by Gasteiger charge is 2.08. The minimum Gasteiger partial charge on any atom is -0.398 e. The first-order chi connectivity index (χ1) is 7.33. The molecule has 1 aromatic carbocycles. The van der Waals surface area contributed by atoms with E-state index < -0.39 is 8.07 Å². The van der Waals surface area contributed by atoms with Gasteiger partial charge in [0.05, 0.1) is 0 Å². The number of hydrogen-bond acceptors (Lipinski definition) is 2. The average molecular weight is 232 g/mol. The summed E-state index contributed by atoms with van der Waals surface area (Å²) in [6.45, 7) is 9.18. The van der Waals surface area contributed by atoms with Crippen LogP contribution in [0.1, 0.15) is 16.7 Å². The fraction of sp³-hybridized carbons (Fsp3) is 0.385. The van der Waals surface area contributed by atoms with Crippen LogP contribution in [-0.2, 0) is 6.54 Å². The van der Waals surface area contributed by atoms with Gasteiger partial charge in [0.1, 0.15) is 8.07 Å². The summed E-state index contributed by atoms with van der Waals surface area (Å²) >= 11 is 0. The van der Waals surface area contributed by atoms with E-state index in [2.05, 4.69) is 31.1 Å². The molecule has 0 aliphatic carbocycles. The first-order valence-corrected chi connectivity index (χ1v) is 8.96. The zero-order valence-corrected chi connectivity index (χ0v) is 11.5. The van der Waals surface area contributed by atoms with Crippen molar-refractivity contribution in [3.05, 3.63) is 28.8 Å². The highest BCUT2D eigenvalue weighted by Crippen LogP contribution is 2.18. The molecule has 16 heavy (non-hydrogen) atoms. The van der Waals surface area contributed by atoms with Gasteiger partial charge in [0, 0.05) is 17.8 Å². The van der Waals surface area contributed by atoms with Gasteiger partial charge in [-0.15, -0.1) is 5.54 Å². The molecule has 0 heterocycles. The predicted molar refractivity (Wildman–Crippen MR) is 73.7 cm³/mol. The number of nitrogens with two attached hydrogens (primary N) is 2. The number of hydrogen-bond donors (Lipinski definition) is 2. The van der Waals surface area contributed by atoms with Gasteiger partial charge in [0.2, 0.25) is 0 Å². The average Bonchev–Trinajstić information content (AvgIpc) is 2.18. The molecule has 0 bridgehead atoms. The Labute approximate surface area is 99.0 Å². The molecular weight excluding hydrogens is 212 g/mol. The van der Waals surface area contributed by atoms with E-state index in [1.54, 1.807) is 0 Å². The molecule has 0 spiro atoms. The molecule has 3 heteroatoms. The number of rotatable bonds is 1. The van der Waals surface area contributed by atoms with Crippen molar-refractivity contribution in [2.75, 3.05) is 5.73 Å². The van der Waals surface area contributed by atoms with Crippen molar-refractivity contribution in [3.63, 3.8) is 0 Å². The summed E-state index contributed by atoms with van der Waals surface area (Å²) in [4.78, 5) is 0. The third-order valence-electron chi connectivity index (χ3n) is 2.36. The van der Waals surface area contributed by atoms with Gasteiger partial charge in [-0.2, -0.15) is 0 Å². The van der Waals surface area contributed by atoms with Gasteiger partial charge in [-0.05, 0) is 30.2 Å². The maximum absolute atomic E-state index is 5.92. The molecule has 0 radical (unpaired) electrons. The Morgan fingerprint density at radius 3 is 2.38 bits per heavy atom. The van der Waals surface area contributed by atoms with Crippen molar-refractivity contribution in [1.82, 2.24) is 0 Å². The second-order valence-electron chi connectivity index (χ2n) is 5.05. The van der Waals surface area contributed by atoms with E-state index in [4.69, 9.17) is 11.5 Å². The van der Waals surface area contributed by atoms with Crippen LogP contribution in [-0.4, -0.2) is 8.07 Å². The van der Waals surface area contributed by atoms with Gasteiger partial charge >= 0.3 is 0 Å². The maximum Gasteiger partial charge on any atom is 0.129 e. The number of nitrogen functional groups attached to an aromatic ring is 1. The monoisotopic (exact) mass is 232 g/mol. The molecule has 0 atom stereocenters. The molecule has 1 aromatic rings. The highest BCUT2D eigenvalue weighted by molar-refractivity contribution is 6.83. The van der Waals surface area contributed by atoms with Crippen LogP contribution in [0.25, 0.3) is 0 Å². The molecule has 0 saturated carbocycles. The third-order valence-corrected chi connectivity index (χ3v) is 3.23. The molecule has 0 saturated heterocycles. The Kier molecular flexibility index (Phi) is 3.79. The largest absolute Gasteiger partial charge is 0.398 e. The normalized spacial score (nSPS) is 10.8. The van der Waals surface area contributed by atoms with E-state index in [0.717, 1.165) is 22.4 Å². The van der Waals surface area contributed by atoms with E-state index >= 15 is 0 Å². The minimum atomic E-state index is -1.33. The summed E-state index contributed by atoms with van der Waals surface area (Å²) in [6.07, 6.45) is 0. The van der Waals surface area contributed by atoms with Crippen LogP contribution < -0.4 is 11.5 Å². The van der Waals surface area contributed by atoms with Crippen LogP contribution in [0.2, 0.25) is 19.6 Å². The molecule has 86 valence electrons.